The van der Waals surface area contributed by atoms with Crippen molar-refractivity contribution in [1.82, 2.24) is 0 Å². The molecule has 0 unspecified atom stereocenters. The molecule has 0 aliphatic carbocycles. The Hall–Kier alpha value is -2.36. The van der Waals surface area contributed by atoms with E-state index in [2.05, 4.69) is 17.1 Å². The van der Waals surface area contributed by atoms with Gasteiger partial charge in [-0.3, -0.25) is 0 Å². The number of halogens is 2. The van der Waals surface area contributed by atoms with Gasteiger partial charge in [0.1, 0.15) is 11.6 Å². The maximum Gasteiger partial charge on any atom is 0.129 e. The summed E-state index contributed by atoms with van der Waals surface area (Å²) in [6.45, 7) is 3.48. The van der Waals surface area contributed by atoms with Crippen molar-refractivity contribution in [3.05, 3.63) is 70.3 Å². The third-order valence-corrected chi connectivity index (χ3v) is 3.17. The number of nitrogens with zero attached hydrogens (tertiary/aromatic N) is 2. The van der Waals surface area contributed by atoms with Crippen LogP contribution in [0.5, 0.6) is 0 Å². The van der Waals surface area contributed by atoms with Crippen LogP contribution in [0.1, 0.15) is 29.2 Å². The third-order valence-electron chi connectivity index (χ3n) is 3.17. The molecule has 0 N–H and O–H groups in total. The smallest absolute Gasteiger partial charge is 0.129 e. The summed E-state index contributed by atoms with van der Waals surface area (Å²) < 4.78 is 26.7. The van der Waals surface area contributed by atoms with E-state index < -0.39 is 11.6 Å². The van der Waals surface area contributed by atoms with Crippen LogP contribution >= 0.6 is 0 Å². The highest BCUT2D eigenvalue weighted by molar-refractivity contribution is 5.82. The zero-order chi connectivity index (χ0) is 15.2. The van der Waals surface area contributed by atoms with Crippen LogP contribution in [0.15, 0.2) is 46.6 Å². The van der Waals surface area contributed by atoms with Crippen LogP contribution in [-0.2, 0) is 6.42 Å². The Morgan fingerprint density at radius 1 is 0.905 bits per heavy atom. The second kappa shape index (κ2) is 6.88. The lowest BCUT2D eigenvalue weighted by atomic mass is 10.1. The molecule has 2 aromatic rings. The Morgan fingerprint density at radius 2 is 1.43 bits per heavy atom. The van der Waals surface area contributed by atoms with Crippen molar-refractivity contribution in [2.24, 2.45) is 10.2 Å². The highest BCUT2D eigenvalue weighted by atomic mass is 19.1. The number of benzene rings is 2. The van der Waals surface area contributed by atoms with Crippen molar-refractivity contribution in [2.45, 2.75) is 20.3 Å². The van der Waals surface area contributed by atoms with E-state index in [1.165, 1.54) is 30.8 Å². The molecule has 0 aromatic heterocycles. The maximum atomic E-state index is 13.3. The molecule has 0 saturated heterocycles. The van der Waals surface area contributed by atoms with Crippen molar-refractivity contribution < 1.29 is 8.78 Å². The fraction of sp³-hybridized carbons (Fsp3) is 0.176. The van der Waals surface area contributed by atoms with Crippen LogP contribution in [0.25, 0.3) is 0 Å². The van der Waals surface area contributed by atoms with Gasteiger partial charge >= 0.3 is 0 Å². The molecule has 108 valence electrons. The summed E-state index contributed by atoms with van der Waals surface area (Å²) in [5.74, 6) is -1.17. The molecule has 0 saturated carbocycles. The first-order valence-electron chi connectivity index (χ1n) is 6.71. The average molecular weight is 286 g/mol. The number of hydrogen-bond acceptors (Lipinski definition) is 2. The van der Waals surface area contributed by atoms with E-state index in [-0.39, 0.29) is 5.56 Å². The van der Waals surface area contributed by atoms with Crippen molar-refractivity contribution in [3.8, 4) is 0 Å². The minimum atomic E-state index is -0.587. The lowest BCUT2D eigenvalue weighted by Gasteiger charge is -1.99. The van der Waals surface area contributed by atoms with Crippen LogP contribution in [0, 0.1) is 18.6 Å². The molecular weight excluding hydrogens is 270 g/mol. The summed E-state index contributed by atoms with van der Waals surface area (Å²) in [7, 11) is 0. The molecule has 0 fully saturated rings. The SMILES string of the molecule is CCc1ccc(/C=N/N=C/c2cc(F)c(C)c(F)c2)cc1. The normalized spacial score (nSPS) is 11.6. The summed E-state index contributed by atoms with van der Waals surface area (Å²) in [5.41, 5.74) is 2.52. The number of hydrogen-bond donors (Lipinski definition) is 0. The Morgan fingerprint density at radius 3 is 1.95 bits per heavy atom. The molecule has 0 radical (unpaired) electrons. The van der Waals surface area contributed by atoms with E-state index in [4.69, 9.17) is 0 Å². The monoisotopic (exact) mass is 286 g/mol. The van der Waals surface area contributed by atoms with E-state index in [1.54, 1.807) is 6.21 Å². The molecule has 0 atom stereocenters. The van der Waals surface area contributed by atoms with Gasteiger partial charge in [0.25, 0.3) is 0 Å². The van der Waals surface area contributed by atoms with Crippen LogP contribution in [0.2, 0.25) is 0 Å². The zero-order valence-corrected chi connectivity index (χ0v) is 12.0. The quantitative estimate of drug-likeness (QED) is 0.592. The minimum absolute atomic E-state index is 0.00617. The first kappa shape index (κ1) is 15.0. The van der Waals surface area contributed by atoms with Gasteiger partial charge in [-0.05, 0) is 36.6 Å². The topological polar surface area (TPSA) is 24.7 Å². The summed E-state index contributed by atoms with van der Waals surface area (Å²) in [4.78, 5) is 0. The standard InChI is InChI=1S/C17H16F2N2/c1-3-13-4-6-14(7-5-13)10-20-21-11-15-8-16(18)12(2)17(19)9-15/h4-11H,3H2,1-2H3/b20-10+,21-11+. The van der Waals surface area contributed by atoms with Gasteiger partial charge in [-0.25, -0.2) is 8.78 Å². The van der Waals surface area contributed by atoms with E-state index in [9.17, 15) is 8.78 Å². The summed E-state index contributed by atoms with van der Waals surface area (Å²) in [6.07, 6.45) is 3.90. The molecule has 0 spiro atoms. The predicted molar refractivity (Wildman–Crippen MR) is 82.1 cm³/mol. The minimum Gasteiger partial charge on any atom is -0.207 e. The molecule has 2 aromatic carbocycles. The van der Waals surface area contributed by atoms with Crippen molar-refractivity contribution >= 4 is 12.4 Å². The second-order valence-electron chi connectivity index (χ2n) is 4.69. The molecule has 4 heteroatoms. The Balaban J connectivity index is 2.06. The molecule has 2 nitrogen and oxygen atoms in total. The molecule has 0 aliphatic rings. The molecule has 0 amide bonds. The average Bonchev–Trinajstić information content (AvgIpc) is 2.49. The van der Waals surface area contributed by atoms with Gasteiger partial charge in [-0.2, -0.15) is 10.2 Å². The van der Waals surface area contributed by atoms with Crippen LogP contribution in [0.3, 0.4) is 0 Å². The second-order valence-corrected chi connectivity index (χ2v) is 4.69. The van der Waals surface area contributed by atoms with Gasteiger partial charge in [0, 0.05) is 11.1 Å². The van der Waals surface area contributed by atoms with Crippen LogP contribution in [0.4, 0.5) is 8.78 Å². The Bertz CT molecular complexity index is 651. The van der Waals surface area contributed by atoms with E-state index in [0.29, 0.717) is 5.56 Å². The van der Waals surface area contributed by atoms with Crippen molar-refractivity contribution in [1.29, 1.82) is 0 Å². The highest BCUT2D eigenvalue weighted by Crippen LogP contribution is 2.12. The van der Waals surface area contributed by atoms with E-state index >= 15 is 0 Å². The third kappa shape index (κ3) is 4.05. The van der Waals surface area contributed by atoms with Gasteiger partial charge in [-0.15, -0.1) is 0 Å². The molecule has 21 heavy (non-hydrogen) atoms. The molecular formula is C17H16F2N2. The predicted octanol–water partition coefficient (Wildman–Crippen LogP) is 4.29. The van der Waals surface area contributed by atoms with Gasteiger partial charge in [0.05, 0.1) is 12.4 Å². The Kier molecular flexibility index (Phi) is 4.93. The van der Waals surface area contributed by atoms with E-state index in [1.807, 2.05) is 24.3 Å². The Labute approximate surface area is 122 Å². The highest BCUT2D eigenvalue weighted by Gasteiger charge is 2.04. The van der Waals surface area contributed by atoms with E-state index in [0.717, 1.165) is 12.0 Å². The fourth-order valence-electron chi connectivity index (χ4n) is 1.78. The largest absolute Gasteiger partial charge is 0.207 e. The van der Waals surface area contributed by atoms with Gasteiger partial charge in [-0.1, -0.05) is 31.2 Å². The van der Waals surface area contributed by atoms with Gasteiger partial charge in [0.2, 0.25) is 0 Å². The number of rotatable bonds is 4. The van der Waals surface area contributed by atoms with Gasteiger partial charge < -0.3 is 0 Å². The molecule has 0 aliphatic heterocycles. The first-order valence-corrected chi connectivity index (χ1v) is 6.71. The lowest BCUT2D eigenvalue weighted by Crippen LogP contribution is -1.92. The van der Waals surface area contributed by atoms with Crippen LogP contribution in [-0.4, -0.2) is 12.4 Å². The molecule has 0 bridgehead atoms. The summed E-state index contributed by atoms with van der Waals surface area (Å²) >= 11 is 0. The van der Waals surface area contributed by atoms with Crippen LogP contribution < -0.4 is 0 Å². The lowest BCUT2D eigenvalue weighted by molar-refractivity contribution is 0.568. The molecule has 0 heterocycles. The van der Waals surface area contributed by atoms with Gasteiger partial charge in [0.15, 0.2) is 0 Å². The van der Waals surface area contributed by atoms with Crippen molar-refractivity contribution in [2.75, 3.05) is 0 Å². The maximum absolute atomic E-state index is 13.3. The fourth-order valence-corrected chi connectivity index (χ4v) is 1.78. The number of aryl methyl sites for hydroxylation is 1. The van der Waals surface area contributed by atoms with Crippen molar-refractivity contribution in [3.63, 3.8) is 0 Å². The zero-order valence-electron chi connectivity index (χ0n) is 12.0. The summed E-state index contributed by atoms with van der Waals surface area (Å²) in [5, 5.41) is 7.68. The first-order chi connectivity index (χ1) is 10.1. The molecule has 2 rings (SSSR count). The summed E-state index contributed by atoms with van der Waals surface area (Å²) in [6, 6.07) is 10.4.